The summed E-state index contributed by atoms with van der Waals surface area (Å²) in [5, 5.41) is 3.58. The molecule has 3 rings (SSSR count). The number of nitrogens with zero attached hydrogens (tertiary/aromatic N) is 2. The minimum atomic E-state index is -0.683. The molecule has 0 aliphatic carbocycles. The van der Waals surface area contributed by atoms with Crippen molar-refractivity contribution < 1.29 is 18.7 Å². The summed E-state index contributed by atoms with van der Waals surface area (Å²) in [4.78, 5) is 20.8. The van der Waals surface area contributed by atoms with Crippen LogP contribution in [0.2, 0.25) is 10.0 Å². The lowest BCUT2D eigenvalue weighted by Crippen LogP contribution is -2.11. The van der Waals surface area contributed by atoms with Crippen LogP contribution in [0, 0.1) is 0 Å². The summed E-state index contributed by atoms with van der Waals surface area (Å²) in [7, 11) is 2.75. The predicted molar refractivity (Wildman–Crippen MR) is 101 cm³/mol. The van der Waals surface area contributed by atoms with E-state index in [1.54, 1.807) is 36.6 Å². The van der Waals surface area contributed by atoms with E-state index >= 15 is 0 Å². The molecule has 0 unspecified atom stereocenters. The SMILES string of the molecule is COC(=O)c1nc(-c2ccc(Cl)cc2OC)nc(NCc2ccco2)c1Cl. The van der Waals surface area contributed by atoms with Crippen molar-refractivity contribution in [2.75, 3.05) is 19.5 Å². The van der Waals surface area contributed by atoms with Gasteiger partial charge in [-0.3, -0.25) is 0 Å². The molecule has 0 spiro atoms. The summed E-state index contributed by atoms with van der Waals surface area (Å²) >= 11 is 12.3. The standard InChI is InChI=1S/C18H15Cl2N3O4/c1-25-13-8-10(19)5-6-12(13)16-22-15(18(24)26-2)14(20)17(23-16)21-9-11-4-3-7-27-11/h3-8H,9H2,1-2H3,(H,21,22,23). The lowest BCUT2D eigenvalue weighted by Gasteiger charge is -2.13. The summed E-state index contributed by atoms with van der Waals surface area (Å²) in [6, 6.07) is 8.56. The van der Waals surface area contributed by atoms with Gasteiger partial charge in [0.15, 0.2) is 11.5 Å². The number of nitrogens with one attached hydrogen (secondary N) is 1. The van der Waals surface area contributed by atoms with Gasteiger partial charge in [0, 0.05) is 5.02 Å². The molecule has 0 fully saturated rings. The third kappa shape index (κ3) is 4.15. The van der Waals surface area contributed by atoms with Crippen LogP contribution in [-0.4, -0.2) is 30.2 Å². The largest absolute Gasteiger partial charge is 0.496 e. The fourth-order valence-electron chi connectivity index (χ4n) is 2.35. The third-order valence-corrected chi connectivity index (χ3v) is 4.24. The van der Waals surface area contributed by atoms with Gasteiger partial charge in [-0.05, 0) is 30.3 Å². The minimum Gasteiger partial charge on any atom is -0.496 e. The minimum absolute atomic E-state index is 0.0464. The highest BCUT2D eigenvalue weighted by Crippen LogP contribution is 2.33. The van der Waals surface area contributed by atoms with Gasteiger partial charge in [0.2, 0.25) is 0 Å². The Morgan fingerprint density at radius 3 is 2.70 bits per heavy atom. The fraction of sp³-hybridized carbons (Fsp3) is 0.167. The Kier molecular flexibility index (Phi) is 5.83. The molecule has 0 radical (unpaired) electrons. The number of furan rings is 1. The third-order valence-electron chi connectivity index (χ3n) is 3.64. The number of halogens is 2. The maximum atomic E-state index is 12.1. The molecule has 0 saturated heterocycles. The van der Waals surface area contributed by atoms with Crippen LogP contribution in [0.25, 0.3) is 11.4 Å². The van der Waals surface area contributed by atoms with Crippen molar-refractivity contribution in [1.82, 2.24) is 9.97 Å². The second-order valence-electron chi connectivity index (χ2n) is 5.33. The Balaban J connectivity index is 2.08. The van der Waals surface area contributed by atoms with Crippen molar-refractivity contribution in [2.45, 2.75) is 6.54 Å². The summed E-state index contributed by atoms with van der Waals surface area (Å²) in [6.07, 6.45) is 1.56. The number of benzene rings is 1. The van der Waals surface area contributed by atoms with Gasteiger partial charge in [-0.1, -0.05) is 23.2 Å². The normalized spacial score (nSPS) is 10.5. The number of hydrogen-bond donors (Lipinski definition) is 1. The van der Waals surface area contributed by atoms with E-state index in [1.165, 1.54) is 14.2 Å². The van der Waals surface area contributed by atoms with Gasteiger partial charge >= 0.3 is 5.97 Å². The van der Waals surface area contributed by atoms with Crippen LogP contribution in [0.15, 0.2) is 41.0 Å². The van der Waals surface area contributed by atoms with Gasteiger partial charge in [0.25, 0.3) is 0 Å². The molecule has 1 aromatic carbocycles. The molecule has 0 aliphatic heterocycles. The molecule has 27 heavy (non-hydrogen) atoms. The van der Waals surface area contributed by atoms with E-state index in [4.69, 9.17) is 37.1 Å². The number of esters is 1. The summed E-state index contributed by atoms with van der Waals surface area (Å²) in [6.45, 7) is 0.321. The zero-order valence-corrected chi connectivity index (χ0v) is 16.0. The molecule has 3 aromatic rings. The molecule has 140 valence electrons. The predicted octanol–water partition coefficient (Wildman–Crippen LogP) is 4.45. The summed E-state index contributed by atoms with van der Waals surface area (Å²) in [5.41, 5.74) is 0.480. The van der Waals surface area contributed by atoms with Crippen molar-refractivity contribution in [3.05, 3.63) is 58.1 Å². The second-order valence-corrected chi connectivity index (χ2v) is 6.14. The van der Waals surface area contributed by atoms with Crippen LogP contribution in [-0.2, 0) is 11.3 Å². The zero-order chi connectivity index (χ0) is 19.4. The summed E-state index contributed by atoms with van der Waals surface area (Å²) < 4.78 is 15.4. The van der Waals surface area contributed by atoms with E-state index < -0.39 is 5.97 Å². The Morgan fingerprint density at radius 1 is 1.22 bits per heavy atom. The van der Waals surface area contributed by atoms with Crippen molar-refractivity contribution in [3.8, 4) is 17.1 Å². The first-order valence-electron chi connectivity index (χ1n) is 7.79. The lowest BCUT2D eigenvalue weighted by molar-refractivity contribution is 0.0594. The molecule has 9 heteroatoms. The van der Waals surface area contributed by atoms with Crippen LogP contribution in [0.4, 0.5) is 5.82 Å². The van der Waals surface area contributed by atoms with Gasteiger partial charge in [-0.15, -0.1) is 0 Å². The van der Waals surface area contributed by atoms with Crippen LogP contribution >= 0.6 is 23.2 Å². The molecule has 1 N–H and O–H groups in total. The van der Waals surface area contributed by atoms with Crippen LogP contribution in [0.5, 0.6) is 5.75 Å². The smallest absolute Gasteiger partial charge is 0.358 e. The van der Waals surface area contributed by atoms with E-state index in [0.29, 0.717) is 28.6 Å². The Hall–Kier alpha value is -2.77. The molecular formula is C18H15Cl2N3O4. The molecular weight excluding hydrogens is 393 g/mol. The molecule has 0 amide bonds. The maximum Gasteiger partial charge on any atom is 0.358 e. The van der Waals surface area contributed by atoms with E-state index in [0.717, 1.165) is 0 Å². The van der Waals surface area contributed by atoms with Gasteiger partial charge in [-0.25, -0.2) is 14.8 Å². The quantitative estimate of drug-likeness (QED) is 0.603. The number of methoxy groups -OCH3 is 2. The van der Waals surface area contributed by atoms with E-state index in [-0.39, 0.29) is 22.4 Å². The Morgan fingerprint density at radius 2 is 2.04 bits per heavy atom. The average Bonchev–Trinajstić information content (AvgIpc) is 3.20. The number of carbonyl (C=O) groups is 1. The molecule has 0 bridgehead atoms. The van der Waals surface area contributed by atoms with Crippen molar-refractivity contribution in [3.63, 3.8) is 0 Å². The lowest BCUT2D eigenvalue weighted by atomic mass is 10.2. The van der Waals surface area contributed by atoms with Gasteiger partial charge < -0.3 is 19.2 Å². The highest BCUT2D eigenvalue weighted by molar-refractivity contribution is 6.35. The Bertz CT molecular complexity index is 961. The number of anilines is 1. The summed E-state index contributed by atoms with van der Waals surface area (Å²) in [5.74, 6) is 0.941. The molecule has 2 aromatic heterocycles. The maximum absolute atomic E-state index is 12.1. The van der Waals surface area contributed by atoms with Gasteiger partial charge in [0.05, 0.1) is 32.6 Å². The van der Waals surface area contributed by atoms with Crippen molar-refractivity contribution >= 4 is 35.0 Å². The molecule has 0 atom stereocenters. The zero-order valence-electron chi connectivity index (χ0n) is 14.5. The van der Waals surface area contributed by atoms with E-state index in [2.05, 4.69) is 15.3 Å². The number of aromatic nitrogens is 2. The molecule has 0 aliphatic rings. The average molecular weight is 408 g/mol. The first-order valence-corrected chi connectivity index (χ1v) is 8.55. The van der Waals surface area contributed by atoms with Gasteiger partial charge in [-0.2, -0.15) is 0 Å². The van der Waals surface area contributed by atoms with E-state index in [1.807, 2.05) is 0 Å². The second kappa shape index (κ2) is 8.28. The topological polar surface area (TPSA) is 86.5 Å². The molecule has 2 heterocycles. The molecule has 7 nitrogen and oxygen atoms in total. The van der Waals surface area contributed by atoms with Crippen LogP contribution in [0.1, 0.15) is 16.2 Å². The van der Waals surface area contributed by atoms with Crippen molar-refractivity contribution in [1.29, 1.82) is 0 Å². The molecule has 0 saturated carbocycles. The van der Waals surface area contributed by atoms with Crippen LogP contribution in [0.3, 0.4) is 0 Å². The van der Waals surface area contributed by atoms with Crippen LogP contribution < -0.4 is 10.1 Å². The number of rotatable bonds is 6. The highest BCUT2D eigenvalue weighted by atomic mass is 35.5. The first kappa shape index (κ1) is 19.0. The fourth-order valence-corrected chi connectivity index (χ4v) is 2.74. The number of ether oxygens (including phenoxy) is 2. The van der Waals surface area contributed by atoms with Crippen molar-refractivity contribution in [2.24, 2.45) is 0 Å². The van der Waals surface area contributed by atoms with E-state index in [9.17, 15) is 4.79 Å². The highest BCUT2D eigenvalue weighted by Gasteiger charge is 2.22. The Labute approximate surface area is 165 Å². The monoisotopic (exact) mass is 407 g/mol. The number of carbonyl (C=O) groups excluding carboxylic acids is 1. The van der Waals surface area contributed by atoms with Gasteiger partial charge in [0.1, 0.15) is 22.4 Å². The number of hydrogen-bond acceptors (Lipinski definition) is 7. The first-order chi connectivity index (χ1) is 13.0.